The zero-order valence-corrected chi connectivity index (χ0v) is 9.65. The number of rotatable bonds is 3. The summed E-state index contributed by atoms with van der Waals surface area (Å²) in [6.45, 7) is 4.80. The van der Waals surface area contributed by atoms with Gasteiger partial charge in [0.1, 0.15) is 10.8 Å². The Balaban J connectivity index is 3.04. The lowest BCUT2D eigenvalue weighted by Crippen LogP contribution is -2.17. The van der Waals surface area contributed by atoms with Gasteiger partial charge in [-0.25, -0.2) is 0 Å². The van der Waals surface area contributed by atoms with Crippen LogP contribution in [0.3, 0.4) is 0 Å². The van der Waals surface area contributed by atoms with Crippen molar-refractivity contribution in [3.63, 3.8) is 0 Å². The molecule has 0 fully saturated rings. The van der Waals surface area contributed by atoms with Gasteiger partial charge in [0.05, 0.1) is 5.02 Å². The van der Waals surface area contributed by atoms with Gasteiger partial charge in [-0.15, -0.1) is 0 Å². The van der Waals surface area contributed by atoms with E-state index in [1.807, 2.05) is 13.8 Å². The molecular weight excluding hydrogens is 221 g/mol. The van der Waals surface area contributed by atoms with Gasteiger partial charge in [-0.3, -0.25) is 0 Å². The number of hydrogen-bond acceptors (Lipinski definition) is 2. The molecule has 1 aromatic rings. The van der Waals surface area contributed by atoms with Crippen molar-refractivity contribution in [2.24, 2.45) is 0 Å². The van der Waals surface area contributed by atoms with E-state index in [4.69, 9.17) is 23.2 Å². The van der Waals surface area contributed by atoms with E-state index >= 15 is 0 Å². The molecule has 0 spiro atoms. The Morgan fingerprint density at radius 2 is 2.07 bits per heavy atom. The molecule has 1 aromatic carbocycles. The summed E-state index contributed by atoms with van der Waals surface area (Å²) >= 11 is 11.6. The van der Waals surface area contributed by atoms with E-state index in [2.05, 4.69) is 5.32 Å². The molecule has 1 unspecified atom stereocenters. The largest absolute Gasteiger partial charge is 0.506 e. The fourth-order valence-corrected chi connectivity index (χ4v) is 1.65. The van der Waals surface area contributed by atoms with Crippen molar-refractivity contribution in [1.82, 2.24) is 5.32 Å². The molecule has 0 radical (unpaired) electrons. The molecule has 0 aliphatic heterocycles. The Hall–Kier alpha value is -0.440. The van der Waals surface area contributed by atoms with Crippen LogP contribution in [0, 0.1) is 0 Å². The number of hydrogen-bond donors (Lipinski definition) is 2. The van der Waals surface area contributed by atoms with Crippen molar-refractivity contribution in [3.8, 4) is 5.75 Å². The summed E-state index contributed by atoms with van der Waals surface area (Å²) in [5.41, 5.74) is 0.765. The molecule has 0 saturated carbocycles. The van der Waals surface area contributed by atoms with Crippen molar-refractivity contribution >= 4 is 23.2 Å². The topological polar surface area (TPSA) is 32.3 Å². The molecule has 0 bridgehead atoms. The van der Waals surface area contributed by atoms with Gasteiger partial charge in [0.25, 0.3) is 0 Å². The highest BCUT2D eigenvalue weighted by molar-refractivity contribution is 6.43. The third-order valence-electron chi connectivity index (χ3n) is 2.08. The normalized spacial score (nSPS) is 12.9. The third-order valence-corrected chi connectivity index (χ3v) is 2.87. The fraction of sp³-hybridized carbons (Fsp3) is 0.400. The maximum Gasteiger partial charge on any atom is 0.140 e. The minimum Gasteiger partial charge on any atom is -0.506 e. The second-order valence-electron chi connectivity index (χ2n) is 3.08. The van der Waals surface area contributed by atoms with Crippen LogP contribution < -0.4 is 5.32 Å². The molecule has 4 heteroatoms. The molecule has 2 nitrogen and oxygen atoms in total. The average molecular weight is 234 g/mol. The summed E-state index contributed by atoms with van der Waals surface area (Å²) < 4.78 is 0. The Bertz CT molecular complexity index is 328. The monoisotopic (exact) mass is 233 g/mol. The summed E-state index contributed by atoms with van der Waals surface area (Å²) in [6.07, 6.45) is 0. The molecule has 0 amide bonds. The van der Waals surface area contributed by atoms with Crippen molar-refractivity contribution < 1.29 is 5.11 Å². The van der Waals surface area contributed by atoms with E-state index in [-0.39, 0.29) is 16.8 Å². The van der Waals surface area contributed by atoms with E-state index in [1.165, 1.54) is 0 Å². The minimum absolute atomic E-state index is 0.0626. The second kappa shape index (κ2) is 4.87. The highest BCUT2D eigenvalue weighted by atomic mass is 35.5. The zero-order chi connectivity index (χ0) is 10.7. The Labute approximate surface area is 93.8 Å². The smallest absolute Gasteiger partial charge is 0.140 e. The fourth-order valence-electron chi connectivity index (χ4n) is 1.32. The molecule has 2 N–H and O–H groups in total. The molecule has 78 valence electrons. The van der Waals surface area contributed by atoms with Crippen LogP contribution in [0.4, 0.5) is 0 Å². The Morgan fingerprint density at radius 1 is 1.43 bits per heavy atom. The summed E-state index contributed by atoms with van der Waals surface area (Å²) in [7, 11) is 0. The first kappa shape index (κ1) is 11.6. The lowest BCUT2D eigenvalue weighted by Gasteiger charge is -2.15. The number of phenolic OH excluding ortho intramolecular Hbond substituents is 1. The maximum absolute atomic E-state index is 9.72. The van der Waals surface area contributed by atoms with E-state index in [9.17, 15) is 5.11 Å². The van der Waals surface area contributed by atoms with Crippen molar-refractivity contribution in [2.45, 2.75) is 19.9 Å². The van der Waals surface area contributed by atoms with Gasteiger partial charge < -0.3 is 10.4 Å². The predicted octanol–water partition coefficient (Wildman–Crippen LogP) is 3.37. The Kier molecular flexibility index (Phi) is 4.05. The average Bonchev–Trinajstić information content (AvgIpc) is 2.15. The van der Waals surface area contributed by atoms with Crippen LogP contribution in [-0.2, 0) is 0 Å². The van der Waals surface area contributed by atoms with Gasteiger partial charge in [-0.2, -0.15) is 0 Å². The van der Waals surface area contributed by atoms with Crippen molar-refractivity contribution in [1.29, 1.82) is 0 Å². The van der Waals surface area contributed by atoms with E-state index < -0.39 is 0 Å². The summed E-state index contributed by atoms with van der Waals surface area (Å²) in [4.78, 5) is 0. The summed E-state index contributed by atoms with van der Waals surface area (Å²) in [5.74, 6) is 0.0626. The third kappa shape index (κ3) is 2.32. The van der Waals surface area contributed by atoms with Crippen molar-refractivity contribution in [2.75, 3.05) is 6.54 Å². The number of benzene rings is 1. The lowest BCUT2D eigenvalue weighted by molar-refractivity contribution is 0.455. The zero-order valence-electron chi connectivity index (χ0n) is 8.14. The lowest BCUT2D eigenvalue weighted by atomic mass is 10.1. The van der Waals surface area contributed by atoms with Gasteiger partial charge in [-0.05, 0) is 19.5 Å². The molecule has 0 aromatic heterocycles. The highest BCUT2D eigenvalue weighted by Gasteiger charge is 2.13. The molecule has 1 atom stereocenters. The first-order valence-corrected chi connectivity index (χ1v) is 5.23. The van der Waals surface area contributed by atoms with Gasteiger partial charge >= 0.3 is 0 Å². The molecule has 14 heavy (non-hydrogen) atoms. The van der Waals surface area contributed by atoms with Gasteiger partial charge in [0.15, 0.2) is 0 Å². The van der Waals surface area contributed by atoms with E-state index in [1.54, 1.807) is 12.1 Å². The molecule has 0 aliphatic carbocycles. The van der Waals surface area contributed by atoms with Crippen LogP contribution in [0.1, 0.15) is 25.5 Å². The van der Waals surface area contributed by atoms with Crippen LogP contribution >= 0.6 is 23.2 Å². The van der Waals surface area contributed by atoms with Crippen LogP contribution in [0.5, 0.6) is 5.75 Å². The number of nitrogens with one attached hydrogen (secondary N) is 1. The van der Waals surface area contributed by atoms with Crippen LogP contribution in [0.15, 0.2) is 12.1 Å². The second-order valence-corrected chi connectivity index (χ2v) is 3.86. The molecular formula is C10H13Cl2NO. The number of phenols is 1. The highest BCUT2D eigenvalue weighted by Crippen LogP contribution is 2.36. The summed E-state index contributed by atoms with van der Waals surface area (Å²) in [6, 6.07) is 3.53. The van der Waals surface area contributed by atoms with Crippen LogP contribution in [0.25, 0.3) is 0 Å². The first-order valence-electron chi connectivity index (χ1n) is 4.48. The molecule has 0 heterocycles. The number of halogens is 2. The van der Waals surface area contributed by atoms with E-state index in [0.717, 1.165) is 12.1 Å². The van der Waals surface area contributed by atoms with Gasteiger partial charge in [-0.1, -0.05) is 36.2 Å². The standard InChI is InChI=1S/C10H13Cl2NO/c1-3-13-6(2)7-4-5-8(11)9(12)10(7)14/h4-6,13-14H,3H2,1-2H3. The van der Waals surface area contributed by atoms with Crippen LogP contribution in [-0.4, -0.2) is 11.7 Å². The molecule has 0 saturated heterocycles. The molecule has 0 aliphatic rings. The first-order chi connectivity index (χ1) is 6.57. The van der Waals surface area contributed by atoms with Crippen LogP contribution in [0.2, 0.25) is 10.0 Å². The summed E-state index contributed by atoms with van der Waals surface area (Å²) in [5, 5.41) is 13.5. The quantitative estimate of drug-likeness (QED) is 0.840. The maximum atomic E-state index is 9.72. The number of aromatic hydroxyl groups is 1. The predicted molar refractivity (Wildman–Crippen MR) is 60.2 cm³/mol. The SMILES string of the molecule is CCNC(C)c1ccc(Cl)c(Cl)c1O. The van der Waals surface area contributed by atoms with E-state index in [0.29, 0.717) is 5.02 Å². The van der Waals surface area contributed by atoms with Crippen molar-refractivity contribution in [3.05, 3.63) is 27.7 Å². The molecule has 1 rings (SSSR count). The minimum atomic E-state index is 0.0626. The Morgan fingerprint density at radius 3 is 2.64 bits per heavy atom. The van der Waals surface area contributed by atoms with Gasteiger partial charge in [0.2, 0.25) is 0 Å². The van der Waals surface area contributed by atoms with Gasteiger partial charge in [0, 0.05) is 11.6 Å².